The van der Waals surface area contributed by atoms with Gasteiger partial charge in [0.15, 0.2) is 0 Å². The zero-order valence-electron chi connectivity index (χ0n) is 13.2. The van der Waals surface area contributed by atoms with Gasteiger partial charge in [0.25, 0.3) is 5.91 Å². The fourth-order valence-electron chi connectivity index (χ4n) is 2.19. The van der Waals surface area contributed by atoms with Gasteiger partial charge in [0.1, 0.15) is 4.32 Å². The SMILES string of the molecule is COCCCN1C(=O)/C(=C/c2ccc(C(C)C)cc2)SC1=S. The normalized spacial score (nSPS) is 17.1. The summed E-state index contributed by atoms with van der Waals surface area (Å²) in [4.78, 5) is 14.8. The lowest BCUT2D eigenvalue weighted by molar-refractivity contribution is -0.122. The van der Waals surface area contributed by atoms with E-state index < -0.39 is 0 Å². The van der Waals surface area contributed by atoms with E-state index in [0.29, 0.717) is 28.3 Å². The number of carbonyl (C=O) groups excluding carboxylic acids is 1. The predicted octanol–water partition coefficient (Wildman–Crippen LogP) is 4.05. The first-order valence-electron chi connectivity index (χ1n) is 7.37. The Hall–Kier alpha value is -1.17. The molecule has 1 saturated heterocycles. The molecule has 5 heteroatoms. The Morgan fingerprint density at radius 1 is 1.32 bits per heavy atom. The van der Waals surface area contributed by atoms with Crippen molar-refractivity contribution in [2.45, 2.75) is 26.2 Å². The van der Waals surface area contributed by atoms with E-state index in [0.717, 1.165) is 12.0 Å². The third-order valence-corrected chi connectivity index (χ3v) is 4.88. The molecule has 0 radical (unpaired) electrons. The molecule has 1 amide bonds. The lowest BCUT2D eigenvalue weighted by Gasteiger charge is -2.13. The lowest BCUT2D eigenvalue weighted by atomic mass is 10.0. The maximum atomic E-state index is 12.4. The zero-order chi connectivity index (χ0) is 16.1. The van der Waals surface area contributed by atoms with Crippen molar-refractivity contribution in [1.29, 1.82) is 0 Å². The van der Waals surface area contributed by atoms with Gasteiger partial charge in [-0.2, -0.15) is 0 Å². The van der Waals surface area contributed by atoms with E-state index in [1.165, 1.54) is 17.3 Å². The van der Waals surface area contributed by atoms with Crippen LogP contribution in [-0.4, -0.2) is 35.4 Å². The summed E-state index contributed by atoms with van der Waals surface area (Å²) in [5, 5.41) is 0. The van der Waals surface area contributed by atoms with E-state index >= 15 is 0 Å². The number of thiocarbonyl (C=S) groups is 1. The molecule has 0 unspecified atom stereocenters. The summed E-state index contributed by atoms with van der Waals surface area (Å²) < 4.78 is 5.65. The summed E-state index contributed by atoms with van der Waals surface area (Å²) in [6.07, 6.45) is 2.71. The Bertz CT molecular complexity index is 579. The van der Waals surface area contributed by atoms with Crippen LogP contribution in [0, 0.1) is 0 Å². The van der Waals surface area contributed by atoms with Crippen LogP contribution in [0.3, 0.4) is 0 Å². The van der Waals surface area contributed by atoms with Crippen molar-refractivity contribution < 1.29 is 9.53 Å². The molecule has 1 aliphatic heterocycles. The van der Waals surface area contributed by atoms with Gasteiger partial charge in [0.05, 0.1) is 4.91 Å². The lowest BCUT2D eigenvalue weighted by Crippen LogP contribution is -2.29. The summed E-state index contributed by atoms with van der Waals surface area (Å²) in [7, 11) is 1.66. The molecule has 22 heavy (non-hydrogen) atoms. The van der Waals surface area contributed by atoms with Crippen LogP contribution < -0.4 is 0 Å². The Morgan fingerprint density at radius 3 is 2.59 bits per heavy atom. The largest absolute Gasteiger partial charge is 0.385 e. The highest BCUT2D eigenvalue weighted by Crippen LogP contribution is 2.32. The first kappa shape index (κ1) is 17.2. The molecule has 0 spiro atoms. The summed E-state index contributed by atoms with van der Waals surface area (Å²) in [6, 6.07) is 8.31. The highest BCUT2D eigenvalue weighted by atomic mass is 32.2. The molecule has 1 heterocycles. The van der Waals surface area contributed by atoms with Crippen molar-refractivity contribution in [1.82, 2.24) is 4.90 Å². The van der Waals surface area contributed by atoms with Gasteiger partial charge < -0.3 is 4.74 Å². The number of amides is 1. The number of hydrogen-bond acceptors (Lipinski definition) is 4. The molecule has 0 atom stereocenters. The number of methoxy groups -OCH3 is 1. The van der Waals surface area contributed by atoms with E-state index in [9.17, 15) is 4.79 Å². The zero-order valence-corrected chi connectivity index (χ0v) is 14.8. The van der Waals surface area contributed by atoms with Gasteiger partial charge >= 0.3 is 0 Å². The van der Waals surface area contributed by atoms with Crippen LogP contribution in [0.5, 0.6) is 0 Å². The third kappa shape index (κ3) is 4.18. The third-order valence-electron chi connectivity index (χ3n) is 3.50. The van der Waals surface area contributed by atoms with Crippen LogP contribution in [0.15, 0.2) is 29.2 Å². The minimum absolute atomic E-state index is 0.000890. The average molecular weight is 335 g/mol. The number of nitrogens with zero attached hydrogens (tertiary/aromatic N) is 1. The second kappa shape index (κ2) is 7.90. The van der Waals surface area contributed by atoms with Gasteiger partial charge in [-0.25, -0.2) is 0 Å². The standard InChI is InChI=1S/C17H21NO2S2/c1-12(2)14-7-5-13(6-8-14)11-15-16(19)18(17(21)22-15)9-4-10-20-3/h5-8,11-12H,4,9-10H2,1-3H3/b15-11-. The van der Waals surface area contributed by atoms with Crippen molar-refractivity contribution in [3.05, 3.63) is 40.3 Å². The Kier molecular flexibility index (Phi) is 6.17. The van der Waals surface area contributed by atoms with Crippen molar-refractivity contribution in [3.63, 3.8) is 0 Å². The van der Waals surface area contributed by atoms with Gasteiger partial charge in [-0.1, -0.05) is 62.1 Å². The minimum Gasteiger partial charge on any atom is -0.385 e. The molecule has 0 aliphatic carbocycles. The van der Waals surface area contributed by atoms with Crippen molar-refractivity contribution in [3.8, 4) is 0 Å². The highest BCUT2D eigenvalue weighted by Gasteiger charge is 2.31. The quantitative estimate of drug-likeness (QED) is 0.446. The van der Waals surface area contributed by atoms with Crippen LogP contribution in [0.4, 0.5) is 0 Å². The number of carbonyl (C=O) groups is 1. The Labute approximate surface area is 141 Å². The number of rotatable bonds is 6. The number of benzene rings is 1. The van der Waals surface area contributed by atoms with Gasteiger partial charge in [-0.15, -0.1) is 0 Å². The summed E-state index contributed by atoms with van der Waals surface area (Å²) in [5.74, 6) is 0.507. The minimum atomic E-state index is -0.000890. The fraction of sp³-hybridized carbons (Fsp3) is 0.412. The van der Waals surface area contributed by atoms with Crippen LogP contribution in [-0.2, 0) is 9.53 Å². The second-order valence-electron chi connectivity index (χ2n) is 5.50. The summed E-state index contributed by atoms with van der Waals surface area (Å²) in [5.41, 5.74) is 2.33. The monoisotopic (exact) mass is 335 g/mol. The van der Waals surface area contributed by atoms with E-state index in [2.05, 4.69) is 26.0 Å². The highest BCUT2D eigenvalue weighted by molar-refractivity contribution is 8.26. The number of thioether (sulfide) groups is 1. The molecule has 0 N–H and O–H groups in total. The van der Waals surface area contributed by atoms with Crippen LogP contribution in [0.25, 0.3) is 6.08 Å². The second-order valence-corrected chi connectivity index (χ2v) is 7.18. The predicted molar refractivity (Wildman–Crippen MR) is 96.9 cm³/mol. The van der Waals surface area contributed by atoms with Crippen molar-refractivity contribution in [2.75, 3.05) is 20.3 Å². The van der Waals surface area contributed by atoms with E-state index in [4.69, 9.17) is 17.0 Å². The molecule has 2 rings (SSSR count). The van der Waals surface area contributed by atoms with Gasteiger partial charge in [0, 0.05) is 20.3 Å². The number of ether oxygens (including phenoxy) is 1. The van der Waals surface area contributed by atoms with Crippen molar-refractivity contribution in [2.24, 2.45) is 0 Å². The molecule has 1 aromatic rings. The molecule has 0 aromatic heterocycles. The average Bonchev–Trinajstić information content (AvgIpc) is 2.75. The molecule has 1 fully saturated rings. The molecular weight excluding hydrogens is 314 g/mol. The maximum absolute atomic E-state index is 12.4. The van der Waals surface area contributed by atoms with Gasteiger partial charge in [-0.05, 0) is 29.5 Å². The number of hydrogen-bond donors (Lipinski definition) is 0. The summed E-state index contributed by atoms with van der Waals surface area (Å²) >= 11 is 6.68. The smallest absolute Gasteiger partial charge is 0.266 e. The van der Waals surface area contributed by atoms with Crippen LogP contribution in [0.1, 0.15) is 37.3 Å². The van der Waals surface area contributed by atoms with Crippen LogP contribution in [0.2, 0.25) is 0 Å². The molecule has 1 aliphatic rings. The topological polar surface area (TPSA) is 29.5 Å². The fourth-order valence-corrected chi connectivity index (χ4v) is 3.50. The molecule has 1 aromatic carbocycles. The molecular formula is C17H21NO2S2. The molecule has 118 valence electrons. The maximum Gasteiger partial charge on any atom is 0.266 e. The Balaban J connectivity index is 2.08. The van der Waals surface area contributed by atoms with Gasteiger partial charge in [-0.3, -0.25) is 9.69 Å². The molecule has 0 saturated carbocycles. The van der Waals surface area contributed by atoms with Crippen molar-refractivity contribution >= 4 is 40.3 Å². The molecule has 0 bridgehead atoms. The van der Waals surface area contributed by atoms with E-state index in [1.807, 2.05) is 18.2 Å². The Morgan fingerprint density at radius 2 is 2.00 bits per heavy atom. The van der Waals surface area contributed by atoms with E-state index in [1.54, 1.807) is 12.0 Å². The summed E-state index contributed by atoms with van der Waals surface area (Å²) in [6.45, 7) is 5.58. The first-order valence-corrected chi connectivity index (χ1v) is 8.59. The van der Waals surface area contributed by atoms with Gasteiger partial charge in [0.2, 0.25) is 0 Å². The van der Waals surface area contributed by atoms with E-state index in [-0.39, 0.29) is 5.91 Å². The first-order chi connectivity index (χ1) is 10.5. The van der Waals surface area contributed by atoms with Crippen LogP contribution >= 0.6 is 24.0 Å². The molecule has 3 nitrogen and oxygen atoms in total.